The van der Waals surface area contributed by atoms with E-state index in [0.29, 0.717) is 11.1 Å². The Kier molecular flexibility index (Phi) is 6.68. The Morgan fingerprint density at radius 3 is 2.65 bits per heavy atom. The van der Waals surface area contributed by atoms with Gasteiger partial charge in [-0.2, -0.15) is 0 Å². The second-order valence-corrected chi connectivity index (χ2v) is 6.90. The number of hydrogen-bond acceptors (Lipinski definition) is 4. The number of halogens is 1. The van der Waals surface area contributed by atoms with E-state index in [9.17, 15) is 13.2 Å². The van der Waals surface area contributed by atoms with Crippen molar-refractivity contribution in [2.24, 2.45) is 0 Å². The maximum absolute atomic E-state index is 14.4. The molecule has 1 atom stereocenters. The predicted molar refractivity (Wildman–Crippen MR) is 99.3 cm³/mol. The first-order valence-electron chi connectivity index (χ1n) is 8.59. The highest BCUT2D eigenvalue weighted by Crippen LogP contribution is 2.28. The zero-order valence-electron chi connectivity index (χ0n) is 14.4. The van der Waals surface area contributed by atoms with Crippen LogP contribution in [0.4, 0.5) is 4.39 Å². The molecule has 0 bridgehead atoms. The lowest BCUT2D eigenvalue weighted by Gasteiger charge is -2.27. The molecule has 26 heavy (non-hydrogen) atoms. The van der Waals surface area contributed by atoms with Gasteiger partial charge >= 0.3 is 0 Å². The molecule has 0 saturated carbocycles. The summed E-state index contributed by atoms with van der Waals surface area (Å²) in [5.41, 5.74) is 3.25. The summed E-state index contributed by atoms with van der Waals surface area (Å²) in [6.07, 6.45) is 3.74. The largest absolute Gasteiger partial charge is 0.750 e. The van der Waals surface area contributed by atoms with Gasteiger partial charge in [0.25, 0.3) is 0 Å². The lowest BCUT2D eigenvalue weighted by Crippen LogP contribution is -2.30. The lowest BCUT2D eigenvalue weighted by molar-refractivity contribution is 0.289. The van der Waals surface area contributed by atoms with Gasteiger partial charge in [-0.1, -0.05) is 48.5 Å². The number of benzene rings is 2. The van der Waals surface area contributed by atoms with Crippen LogP contribution in [0.1, 0.15) is 23.1 Å². The van der Waals surface area contributed by atoms with E-state index < -0.39 is 11.4 Å². The fourth-order valence-electron chi connectivity index (χ4n) is 3.23. The van der Waals surface area contributed by atoms with E-state index in [1.54, 1.807) is 12.1 Å². The smallest absolute Gasteiger partial charge is 0.131 e. The van der Waals surface area contributed by atoms with Gasteiger partial charge in [0.05, 0.1) is 18.0 Å². The van der Waals surface area contributed by atoms with Crippen molar-refractivity contribution in [3.63, 3.8) is 0 Å². The first kappa shape index (κ1) is 18.9. The zero-order valence-corrected chi connectivity index (χ0v) is 15.2. The summed E-state index contributed by atoms with van der Waals surface area (Å²) < 4.78 is 40.3. The molecule has 0 radical (unpaired) electrons. The van der Waals surface area contributed by atoms with Crippen molar-refractivity contribution < 1.29 is 17.3 Å². The molecule has 0 fully saturated rings. The summed E-state index contributed by atoms with van der Waals surface area (Å²) >= 11 is -2.61. The van der Waals surface area contributed by atoms with Crippen LogP contribution < -0.4 is 0 Å². The highest BCUT2D eigenvalue weighted by Gasteiger charge is 2.18. The molecule has 3 rings (SSSR count). The molecule has 2 aromatic rings. The van der Waals surface area contributed by atoms with E-state index in [-0.39, 0.29) is 12.4 Å². The number of hydrogen-bond donors (Lipinski definition) is 0. The molecule has 0 aromatic heterocycles. The Morgan fingerprint density at radius 1 is 1.15 bits per heavy atom. The Balaban J connectivity index is 1.66. The molecule has 138 valence electrons. The van der Waals surface area contributed by atoms with Gasteiger partial charge in [0.2, 0.25) is 0 Å². The molecule has 0 saturated heterocycles. The molecule has 0 N–H and O–H groups in total. The monoisotopic (exact) mass is 374 g/mol. The molecule has 0 spiro atoms. The molecule has 6 heteroatoms. The fourth-order valence-corrected chi connectivity index (χ4v) is 3.46. The van der Waals surface area contributed by atoms with Gasteiger partial charge < -0.3 is 4.55 Å². The Labute approximate surface area is 155 Å². The van der Waals surface area contributed by atoms with Crippen LogP contribution in [0.3, 0.4) is 0 Å². The molecule has 0 aliphatic carbocycles. The standard InChI is InChI=1S/C20H22FNO3S/c21-19-8-4-7-18(15-25-26(23)24)20(19)17-10-13-22(14-11-17)12-9-16-5-2-1-3-6-16/h1-8,10H,9,11-15H2,(H,23,24)/p-1. The molecule has 1 aliphatic rings. The molecule has 4 nitrogen and oxygen atoms in total. The van der Waals surface area contributed by atoms with Crippen molar-refractivity contribution in [1.29, 1.82) is 0 Å². The number of rotatable bonds is 7. The van der Waals surface area contributed by atoms with E-state index in [4.69, 9.17) is 0 Å². The van der Waals surface area contributed by atoms with Crippen LogP contribution in [0.25, 0.3) is 5.57 Å². The van der Waals surface area contributed by atoms with Crippen molar-refractivity contribution in [1.82, 2.24) is 4.90 Å². The highest BCUT2D eigenvalue weighted by molar-refractivity contribution is 7.74. The van der Waals surface area contributed by atoms with Crippen LogP contribution in [0, 0.1) is 5.82 Å². The Hall–Kier alpha value is -1.86. The molecule has 1 heterocycles. The topological polar surface area (TPSA) is 52.6 Å². The van der Waals surface area contributed by atoms with Crippen LogP contribution in [-0.2, 0) is 28.6 Å². The van der Waals surface area contributed by atoms with Crippen LogP contribution in [0.15, 0.2) is 54.6 Å². The molecule has 2 aromatic carbocycles. The minimum absolute atomic E-state index is 0.154. The summed E-state index contributed by atoms with van der Waals surface area (Å²) in [6.45, 7) is 2.40. The SMILES string of the molecule is O=S([O-])OCc1cccc(F)c1C1=CCN(CCc2ccccc2)CC1. The highest BCUT2D eigenvalue weighted by atomic mass is 32.2. The van der Waals surface area contributed by atoms with Crippen molar-refractivity contribution in [3.05, 3.63) is 77.1 Å². The second kappa shape index (κ2) is 9.19. The van der Waals surface area contributed by atoms with E-state index in [1.165, 1.54) is 11.6 Å². The first-order valence-corrected chi connectivity index (χ1v) is 9.59. The van der Waals surface area contributed by atoms with E-state index in [1.807, 2.05) is 24.3 Å². The first-order chi connectivity index (χ1) is 12.6. The van der Waals surface area contributed by atoms with Gasteiger partial charge in [0.1, 0.15) is 5.82 Å². The van der Waals surface area contributed by atoms with Crippen molar-refractivity contribution in [3.8, 4) is 0 Å². The fraction of sp³-hybridized carbons (Fsp3) is 0.300. The summed E-state index contributed by atoms with van der Waals surface area (Å²) in [7, 11) is 0. The third-order valence-electron chi connectivity index (χ3n) is 4.58. The summed E-state index contributed by atoms with van der Waals surface area (Å²) in [5.74, 6) is -0.341. The van der Waals surface area contributed by atoms with E-state index in [0.717, 1.165) is 38.0 Å². The molecular weight excluding hydrogens is 353 g/mol. The van der Waals surface area contributed by atoms with Crippen LogP contribution in [0.2, 0.25) is 0 Å². The van der Waals surface area contributed by atoms with Gasteiger partial charge in [-0.3, -0.25) is 9.08 Å². The van der Waals surface area contributed by atoms with Crippen molar-refractivity contribution in [2.75, 3.05) is 19.6 Å². The average Bonchev–Trinajstić information content (AvgIpc) is 2.66. The molecule has 1 aliphatic heterocycles. The Bertz CT molecular complexity index is 795. The molecule has 0 amide bonds. The van der Waals surface area contributed by atoms with Gasteiger partial charge in [-0.25, -0.2) is 8.60 Å². The minimum atomic E-state index is -2.61. The van der Waals surface area contributed by atoms with Crippen molar-refractivity contribution >= 4 is 16.9 Å². The van der Waals surface area contributed by atoms with Gasteiger partial charge in [0.15, 0.2) is 0 Å². The normalized spacial score (nSPS) is 16.3. The number of nitrogens with zero attached hydrogens (tertiary/aromatic N) is 1. The maximum atomic E-state index is 14.4. The third kappa shape index (κ3) is 5.08. The quantitative estimate of drug-likeness (QED) is 0.697. The lowest BCUT2D eigenvalue weighted by atomic mass is 9.94. The zero-order chi connectivity index (χ0) is 18.4. The second-order valence-electron chi connectivity index (χ2n) is 6.26. The third-order valence-corrected chi connectivity index (χ3v) is 4.89. The summed E-state index contributed by atoms with van der Waals surface area (Å²) in [4.78, 5) is 2.33. The molecule has 1 unspecified atom stereocenters. The van der Waals surface area contributed by atoms with Crippen LogP contribution >= 0.6 is 0 Å². The summed E-state index contributed by atoms with van der Waals surface area (Å²) in [6, 6.07) is 15.0. The van der Waals surface area contributed by atoms with Gasteiger partial charge in [-0.15, -0.1) is 0 Å². The molecular formula is C20H21FNO3S-. The maximum Gasteiger partial charge on any atom is 0.131 e. The minimum Gasteiger partial charge on any atom is -0.750 e. The summed E-state index contributed by atoms with van der Waals surface area (Å²) in [5, 5.41) is 0. The van der Waals surface area contributed by atoms with Crippen molar-refractivity contribution in [2.45, 2.75) is 19.4 Å². The average molecular weight is 374 g/mol. The Morgan fingerprint density at radius 2 is 1.96 bits per heavy atom. The van der Waals surface area contributed by atoms with Gasteiger partial charge in [-0.05, 0) is 35.6 Å². The van der Waals surface area contributed by atoms with Crippen LogP contribution in [0.5, 0.6) is 0 Å². The predicted octanol–water partition coefficient (Wildman–Crippen LogP) is 3.47. The van der Waals surface area contributed by atoms with Gasteiger partial charge in [0, 0.05) is 25.2 Å². The van der Waals surface area contributed by atoms with Crippen LogP contribution in [-0.4, -0.2) is 33.3 Å². The van der Waals surface area contributed by atoms with E-state index >= 15 is 0 Å². The van der Waals surface area contributed by atoms with E-state index in [2.05, 4.69) is 21.2 Å².